The lowest BCUT2D eigenvalue weighted by molar-refractivity contribution is -0.121. The molecule has 5 nitrogen and oxygen atoms in total. The van der Waals surface area contributed by atoms with Gasteiger partial charge in [0, 0.05) is 19.2 Å². The fraction of sp³-hybridized carbons (Fsp3) is 0.500. The van der Waals surface area contributed by atoms with Crippen molar-refractivity contribution in [1.82, 2.24) is 5.32 Å². The molecule has 104 valence electrons. The summed E-state index contributed by atoms with van der Waals surface area (Å²) in [6, 6.07) is 1.81. The molecule has 1 heterocycles. The topological polar surface area (TPSA) is 59.6 Å². The second-order valence-electron chi connectivity index (χ2n) is 4.75. The van der Waals surface area contributed by atoms with E-state index in [1.54, 1.807) is 14.2 Å². The summed E-state index contributed by atoms with van der Waals surface area (Å²) < 4.78 is 10.7. The zero-order valence-electron chi connectivity index (χ0n) is 11.8. The number of carbonyl (C=O) groups excluding carboxylic acids is 1. The summed E-state index contributed by atoms with van der Waals surface area (Å²) in [5.74, 6) is 1.50. The van der Waals surface area contributed by atoms with Gasteiger partial charge in [0.05, 0.1) is 25.8 Å². The minimum Gasteiger partial charge on any atom is -0.496 e. The summed E-state index contributed by atoms with van der Waals surface area (Å²) in [4.78, 5) is 12.0. The summed E-state index contributed by atoms with van der Waals surface area (Å²) in [5, 5.41) is 6.00. The van der Waals surface area contributed by atoms with Crippen molar-refractivity contribution in [3.8, 4) is 11.5 Å². The van der Waals surface area contributed by atoms with Crippen molar-refractivity contribution in [3.63, 3.8) is 0 Å². The van der Waals surface area contributed by atoms with Crippen LogP contribution in [0.2, 0.25) is 0 Å². The number of anilines is 1. The zero-order valence-corrected chi connectivity index (χ0v) is 11.8. The Bertz CT molecular complexity index is 496. The van der Waals surface area contributed by atoms with E-state index in [2.05, 4.69) is 10.6 Å². The highest BCUT2D eigenvalue weighted by Gasteiger charge is 2.26. The molecule has 1 amide bonds. The predicted molar refractivity (Wildman–Crippen MR) is 74.0 cm³/mol. The van der Waals surface area contributed by atoms with Crippen molar-refractivity contribution >= 4 is 11.6 Å². The van der Waals surface area contributed by atoms with Crippen LogP contribution in [0, 0.1) is 19.8 Å². The Balaban J connectivity index is 2.32. The minimum absolute atomic E-state index is 0.0161. The molecule has 5 heteroatoms. The van der Waals surface area contributed by atoms with Crippen LogP contribution >= 0.6 is 0 Å². The Morgan fingerprint density at radius 2 is 1.95 bits per heavy atom. The predicted octanol–water partition coefficient (Wildman–Crippen LogP) is 1.48. The van der Waals surface area contributed by atoms with E-state index >= 15 is 0 Å². The van der Waals surface area contributed by atoms with Gasteiger partial charge in [-0.15, -0.1) is 0 Å². The molecule has 0 radical (unpaired) electrons. The van der Waals surface area contributed by atoms with Crippen molar-refractivity contribution < 1.29 is 14.3 Å². The fourth-order valence-electron chi connectivity index (χ4n) is 2.14. The van der Waals surface area contributed by atoms with Gasteiger partial charge in [-0.2, -0.15) is 0 Å². The van der Waals surface area contributed by atoms with E-state index < -0.39 is 0 Å². The molecule has 0 saturated carbocycles. The number of nitrogens with one attached hydrogen (secondary N) is 2. The van der Waals surface area contributed by atoms with Crippen LogP contribution in [0.5, 0.6) is 11.5 Å². The van der Waals surface area contributed by atoms with Gasteiger partial charge >= 0.3 is 0 Å². The first kappa shape index (κ1) is 13.7. The number of ether oxygens (including phenoxy) is 2. The molecule has 0 bridgehead atoms. The molecule has 0 spiro atoms. The summed E-state index contributed by atoms with van der Waals surface area (Å²) in [7, 11) is 3.23. The summed E-state index contributed by atoms with van der Waals surface area (Å²) in [6.07, 6.45) is 0. The third-order valence-corrected chi connectivity index (χ3v) is 3.63. The third-order valence-electron chi connectivity index (χ3n) is 3.63. The van der Waals surface area contributed by atoms with Gasteiger partial charge in [0.1, 0.15) is 11.5 Å². The van der Waals surface area contributed by atoms with Crippen LogP contribution in [0.4, 0.5) is 5.69 Å². The number of hydrogen-bond donors (Lipinski definition) is 2. The Morgan fingerprint density at radius 3 is 2.42 bits per heavy atom. The van der Waals surface area contributed by atoms with Gasteiger partial charge in [0.25, 0.3) is 0 Å². The fourth-order valence-corrected chi connectivity index (χ4v) is 2.14. The van der Waals surface area contributed by atoms with Crippen LogP contribution in [-0.4, -0.2) is 33.2 Å². The second kappa shape index (κ2) is 5.48. The molecular formula is C14H20N2O3. The molecule has 0 aliphatic carbocycles. The van der Waals surface area contributed by atoms with E-state index in [0.717, 1.165) is 30.0 Å². The van der Waals surface area contributed by atoms with Gasteiger partial charge in [-0.05, 0) is 25.0 Å². The minimum atomic E-state index is 0.0161. The van der Waals surface area contributed by atoms with Gasteiger partial charge in [0.15, 0.2) is 0 Å². The normalized spacial score (nSPS) is 14.7. The monoisotopic (exact) mass is 264 g/mol. The number of carbonyl (C=O) groups is 1. The second-order valence-corrected chi connectivity index (χ2v) is 4.75. The van der Waals surface area contributed by atoms with Crippen LogP contribution < -0.4 is 20.1 Å². The number of benzene rings is 1. The smallest absolute Gasteiger partial charge is 0.230 e. The summed E-state index contributed by atoms with van der Waals surface area (Å²) in [6.45, 7) is 5.39. The first-order chi connectivity index (χ1) is 9.08. The Morgan fingerprint density at radius 1 is 1.26 bits per heavy atom. The van der Waals surface area contributed by atoms with Gasteiger partial charge in [-0.1, -0.05) is 0 Å². The van der Waals surface area contributed by atoms with Gasteiger partial charge in [-0.25, -0.2) is 0 Å². The Kier molecular flexibility index (Phi) is 3.95. The number of rotatable bonds is 4. The van der Waals surface area contributed by atoms with E-state index in [-0.39, 0.29) is 11.8 Å². The molecule has 19 heavy (non-hydrogen) atoms. The molecule has 0 aromatic heterocycles. The van der Waals surface area contributed by atoms with Crippen molar-refractivity contribution in [2.45, 2.75) is 13.8 Å². The molecule has 1 aromatic rings. The maximum absolute atomic E-state index is 12.0. The van der Waals surface area contributed by atoms with Crippen molar-refractivity contribution in [2.24, 2.45) is 5.92 Å². The molecule has 2 N–H and O–H groups in total. The van der Waals surface area contributed by atoms with E-state index in [4.69, 9.17) is 9.47 Å². The van der Waals surface area contributed by atoms with Crippen LogP contribution in [0.25, 0.3) is 0 Å². The van der Waals surface area contributed by atoms with Gasteiger partial charge in [-0.3, -0.25) is 4.79 Å². The lowest BCUT2D eigenvalue weighted by Gasteiger charge is -2.26. The van der Waals surface area contributed by atoms with Crippen molar-refractivity contribution in [1.29, 1.82) is 0 Å². The van der Waals surface area contributed by atoms with Crippen molar-refractivity contribution in [3.05, 3.63) is 17.2 Å². The van der Waals surface area contributed by atoms with Crippen LogP contribution in [0.3, 0.4) is 0 Å². The average molecular weight is 264 g/mol. The molecule has 1 fully saturated rings. The standard InChI is InChI=1S/C14H20N2O3/c1-8-9(2)13(19-4)11(5-12(8)18-3)16-14(17)10-6-15-7-10/h5,10,15H,6-7H2,1-4H3,(H,16,17). The molecular weight excluding hydrogens is 244 g/mol. The maximum Gasteiger partial charge on any atom is 0.230 e. The zero-order chi connectivity index (χ0) is 14.0. The molecule has 1 saturated heterocycles. The first-order valence-electron chi connectivity index (χ1n) is 6.32. The van der Waals surface area contributed by atoms with E-state index in [1.807, 2.05) is 19.9 Å². The average Bonchev–Trinajstić information content (AvgIpc) is 2.31. The molecule has 0 unspecified atom stereocenters. The molecule has 1 aliphatic rings. The van der Waals surface area contributed by atoms with Gasteiger partial charge < -0.3 is 20.1 Å². The van der Waals surface area contributed by atoms with Crippen LogP contribution in [-0.2, 0) is 4.79 Å². The molecule has 1 aliphatic heterocycles. The largest absolute Gasteiger partial charge is 0.496 e. The number of hydrogen-bond acceptors (Lipinski definition) is 4. The first-order valence-corrected chi connectivity index (χ1v) is 6.32. The van der Waals surface area contributed by atoms with Gasteiger partial charge in [0.2, 0.25) is 5.91 Å². The Labute approximate surface area is 113 Å². The lowest BCUT2D eigenvalue weighted by atomic mass is 10.0. The van der Waals surface area contributed by atoms with E-state index in [0.29, 0.717) is 11.4 Å². The summed E-state index contributed by atoms with van der Waals surface area (Å²) >= 11 is 0. The molecule has 0 atom stereocenters. The van der Waals surface area contributed by atoms with Crippen LogP contribution in [0.1, 0.15) is 11.1 Å². The van der Waals surface area contributed by atoms with Crippen molar-refractivity contribution in [2.75, 3.05) is 32.6 Å². The highest BCUT2D eigenvalue weighted by atomic mass is 16.5. The van der Waals surface area contributed by atoms with E-state index in [9.17, 15) is 4.79 Å². The summed E-state index contributed by atoms with van der Waals surface area (Å²) in [5.41, 5.74) is 2.66. The lowest BCUT2D eigenvalue weighted by Crippen LogP contribution is -2.48. The molecule has 1 aromatic carbocycles. The van der Waals surface area contributed by atoms with E-state index in [1.165, 1.54) is 0 Å². The molecule has 2 rings (SSSR count). The van der Waals surface area contributed by atoms with Crippen LogP contribution in [0.15, 0.2) is 6.07 Å². The number of amides is 1. The third kappa shape index (κ3) is 2.51. The SMILES string of the molecule is COc1cc(NC(=O)C2CNC2)c(OC)c(C)c1C. The number of methoxy groups -OCH3 is 2. The highest BCUT2D eigenvalue weighted by Crippen LogP contribution is 2.37. The Hall–Kier alpha value is -1.75. The maximum atomic E-state index is 12.0. The quantitative estimate of drug-likeness (QED) is 0.864. The highest BCUT2D eigenvalue weighted by molar-refractivity contribution is 5.95.